The van der Waals surface area contributed by atoms with Crippen molar-refractivity contribution in [3.63, 3.8) is 0 Å². The van der Waals surface area contributed by atoms with Gasteiger partial charge in [-0.25, -0.2) is 0 Å². The molecule has 2 aliphatic rings. The van der Waals surface area contributed by atoms with Gasteiger partial charge >= 0.3 is 0 Å². The predicted molar refractivity (Wildman–Crippen MR) is 64.8 cm³/mol. The van der Waals surface area contributed by atoms with E-state index in [1.165, 1.54) is 0 Å². The van der Waals surface area contributed by atoms with E-state index in [0.29, 0.717) is 6.61 Å². The fourth-order valence-electron chi connectivity index (χ4n) is 2.17. The number of rotatable bonds is 2. The highest BCUT2D eigenvalue weighted by atomic mass is 16.7. The molecule has 0 saturated carbocycles. The fourth-order valence-corrected chi connectivity index (χ4v) is 2.17. The zero-order valence-corrected chi connectivity index (χ0v) is 10.2. The van der Waals surface area contributed by atoms with Gasteiger partial charge < -0.3 is 18.9 Å². The molecule has 2 aliphatic heterocycles. The number of ether oxygens (including phenoxy) is 4. The van der Waals surface area contributed by atoms with Crippen LogP contribution in [-0.2, 0) is 18.9 Å². The van der Waals surface area contributed by atoms with E-state index >= 15 is 0 Å². The normalized spacial score (nSPS) is 35.2. The maximum Gasteiger partial charge on any atom is 0.184 e. The summed E-state index contributed by atoms with van der Waals surface area (Å²) in [4.78, 5) is 0. The third-order valence-corrected chi connectivity index (χ3v) is 3.13. The molecule has 1 aromatic carbocycles. The molecule has 0 N–H and O–H groups in total. The topological polar surface area (TPSA) is 36.9 Å². The summed E-state index contributed by atoms with van der Waals surface area (Å²) in [5.41, 5.74) is 1.03. The van der Waals surface area contributed by atoms with Gasteiger partial charge in [0, 0.05) is 12.7 Å². The molecular formula is C14H16O4. The van der Waals surface area contributed by atoms with Gasteiger partial charge in [-0.2, -0.15) is 0 Å². The van der Waals surface area contributed by atoms with Crippen LogP contribution < -0.4 is 0 Å². The molecule has 2 heterocycles. The van der Waals surface area contributed by atoms with Crippen LogP contribution in [0.2, 0.25) is 0 Å². The van der Waals surface area contributed by atoms with Gasteiger partial charge in [0.2, 0.25) is 0 Å². The molecule has 18 heavy (non-hydrogen) atoms. The van der Waals surface area contributed by atoms with Crippen molar-refractivity contribution >= 4 is 0 Å². The Morgan fingerprint density at radius 2 is 1.94 bits per heavy atom. The molecule has 1 saturated heterocycles. The minimum Gasteiger partial charge on any atom is -0.352 e. The number of methoxy groups -OCH3 is 1. The minimum atomic E-state index is -0.320. The molecule has 0 amide bonds. The van der Waals surface area contributed by atoms with E-state index in [2.05, 4.69) is 0 Å². The van der Waals surface area contributed by atoms with Crippen LogP contribution in [0.3, 0.4) is 0 Å². The van der Waals surface area contributed by atoms with Crippen LogP contribution >= 0.6 is 0 Å². The summed E-state index contributed by atoms with van der Waals surface area (Å²) in [6.07, 6.45) is 3.07. The molecule has 1 fully saturated rings. The molecule has 0 bridgehead atoms. The highest BCUT2D eigenvalue weighted by Crippen LogP contribution is 2.30. The van der Waals surface area contributed by atoms with Gasteiger partial charge in [-0.3, -0.25) is 0 Å². The van der Waals surface area contributed by atoms with Gasteiger partial charge in [-0.15, -0.1) is 0 Å². The van der Waals surface area contributed by atoms with Crippen molar-refractivity contribution in [2.75, 3.05) is 13.7 Å². The number of hydrogen-bond donors (Lipinski definition) is 0. The number of hydrogen-bond acceptors (Lipinski definition) is 4. The van der Waals surface area contributed by atoms with E-state index in [4.69, 9.17) is 18.9 Å². The number of fused-ring (bicyclic) bond motifs is 1. The Hall–Kier alpha value is -1.20. The van der Waals surface area contributed by atoms with Crippen molar-refractivity contribution in [1.82, 2.24) is 0 Å². The van der Waals surface area contributed by atoms with Gasteiger partial charge in [-0.1, -0.05) is 36.4 Å². The van der Waals surface area contributed by atoms with Crippen molar-refractivity contribution in [3.8, 4) is 0 Å². The van der Waals surface area contributed by atoms with Crippen LogP contribution in [0.1, 0.15) is 11.9 Å². The van der Waals surface area contributed by atoms with Crippen molar-refractivity contribution in [1.29, 1.82) is 0 Å². The second kappa shape index (κ2) is 5.20. The van der Waals surface area contributed by atoms with E-state index in [9.17, 15) is 0 Å². The summed E-state index contributed by atoms with van der Waals surface area (Å²) in [7, 11) is 1.62. The van der Waals surface area contributed by atoms with Crippen molar-refractivity contribution in [2.24, 2.45) is 0 Å². The molecule has 0 unspecified atom stereocenters. The maximum absolute atomic E-state index is 5.88. The van der Waals surface area contributed by atoms with Crippen LogP contribution in [-0.4, -0.2) is 32.2 Å². The van der Waals surface area contributed by atoms with E-state index in [1.54, 1.807) is 7.11 Å². The molecule has 0 radical (unpaired) electrons. The zero-order valence-electron chi connectivity index (χ0n) is 10.2. The molecule has 3 rings (SSSR count). The van der Waals surface area contributed by atoms with Gasteiger partial charge in [0.15, 0.2) is 12.6 Å². The summed E-state index contributed by atoms with van der Waals surface area (Å²) in [6.45, 7) is 0.508. The fraction of sp³-hybridized carbons (Fsp3) is 0.429. The second-order valence-electron chi connectivity index (χ2n) is 4.34. The molecular weight excluding hydrogens is 232 g/mol. The summed E-state index contributed by atoms with van der Waals surface area (Å²) in [6, 6.07) is 9.92. The van der Waals surface area contributed by atoms with Gasteiger partial charge in [0.1, 0.15) is 12.2 Å². The lowest BCUT2D eigenvalue weighted by atomic mass is 10.1. The Morgan fingerprint density at radius 3 is 2.72 bits per heavy atom. The lowest BCUT2D eigenvalue weighted by Crippen LogP contribution is -2.45. The molecule has 0 spiro atoms. The monoisotopic (exact) mass is 248 g/mol. The molecule has 0 aromatic heterocycles. The Labute approximate surface area is 106 Å². The smallest absolute Gasteiger partial charge is 0.184 e. The van der Waals surface area contributed by atoms with Gasteiger partial charge in [0.05, 0.1) is 6.61 Å². The predicted octanol–water partition coefficient (Wildman–Crippen LogP) is 2.03. The van der Waals surface area contributed by atoms with Crippen LogP contribution in [0, 0.1) is 0 Å². The highest BCUT2D eigenvalue weighted by molar-refractivity contribution is 5.17. The molecule has 96 valence electrons. The minimum absolute atomic E-state index is 0.0737. The van der Waals surface area contributed by atoms with Crippen LogP contribution in [0.15, 0.2) is 42.5 Å². The third kappa shape index (κ3) is 2.33. The highest BCUT2D eigenvalue weighted by Gasteiger charge is 2.35. The van der Waals surface area contributed by atoms with Crippen molar-refractivity contribution in [2.45, 2.75) is 24.8 Å². The lowest BCUT2D eigenvalue weighted by Gasteiger charge is -2.38. The lowest BCUT2D eigenvalue weighted by molar-refractivity contribution is -0.280. The van der Waals surface area contributed by atoms with E-state index in [1.807, 2.05) is 42.5 Å². The van der Waals surface area contributed by atoms with E-state index in [0.717, 1.165) is 5.56 Å². The maximum atomic E-state index is 5.88. The summed E-state index contributed by atoms with van der Waals surface area (Å²) >= 11 is 0. The first-order chi connectivity index (χ1) is 8.86. The second-order valence-corrected chi connectivity index (χ2v) is 4.34. The molecule has 0 aliphatic carbocycles. The first-order valence-electron chi connectivity index (χ1n) is 6.05. The Bertz CT molecular complexity index is 417. The average Bonchev–Trinajstić information content (AvgIpc) is 2.47. The van der Waals surface area contributed by atoms with Crippen molar-refractivity contribution in [3.05, 3.63) is 48.0 Å². The average molecular weight is 248 g/mol. The SMILES string of the molecule is CO[C@@H]1C=C[C@H]2O[C@@H](c3ccccc3)OC[C@@H]2O1. The molecule has 4 heteroatoms. The Kier molecular flexibility index (Phi) is 3.43. The van der Waals surface area contributed by atoms with Crippen LogP contribution in [0.4, 0.5) is 0 Å². The summed E-state index contributed by atoms with van der Waals surface area (Å²) in [5, 5.41) is 0. The first-order valence-corrected chi connectivity index (χ1v) is 6.05. The summed E-state index contributed by atoms with van der Waals surface area (Å²) < 4.78 is 22.4. The van der Waals surface area contributed by atoms with E-state index < -0.39 is 0 Å². The van der Waals surface area contributed by atoms with Crippen molar-refractivity contribution < 1.29 is 18.9 Å². The Balaban J connectivity index is 1.71. The quantitative estimate of drug-likeness (QED) is 0.750. The van der Waals surface area contributed by atoms with Gasteiger partial charge in [0.25, 0.3) is 0 Å². The van der Waals surface area contributed by atoms with Crippen LogP contribution in [0.25, 0.3) is 0 Å². The largest absolute Gasteiger partial charge is 0.352 e. The standard InChI is InChI=1S/C14H16O4/c1-15-13-8-7-11-12(17-13)9-16-14(18-11)10-5-3-2-4-6-10/h2-8,11-14H,9H2,1H3/t11-,12+,13+,14+/m1/s1. The van der Waals surface area contributed by atoms with Gasteiger partial charge in [-0.05, 0) is 6.08 Å². The first kappa shape index (κ1) is 11.9. The number of benzene rings is 1. The Morgan fingerprint density at radius 1 is 1.11 bits per heavy atom. The van der Waals surface area contributed by atoms with E-state index in [-0.39, 0.29) is 24.8 Å². The third-order valence-electron chi connectivity index (χ3n) is 3.13. The molecule has 4 atom stereocenters. The van der Waals surface area contributed by atoms with Crippen LogP contribution in [0.5, 0.6) is 0 Å². The molecule has 1 aromatic rings. The zero-order chi connectivity index (χ0) is 12.4. The summed E-state index contributed by atoms with van der Waals surface area (Å²) in [5.74, 6) is 0. The molecule has 4 nitrogen and oxygen atoms in total.